The predicted octanol–water partition coefficient (Wildman–Crippen LogP) is 2.25. The number of hydrogen-bond acceptors (Lipinski definition) is 3. The van der Waals surface area contributed by atoms with Crippen molar-refractivity contribution in [3.05, 3.63) is 59.2 Å². The average Bonchev–Trinajstić information content (AvgIpc) is 2.82. The molecule has 0 amide bonds. The van der Waals surface area contributed by atoms with Gasteiger partial charge >= 0.3 is 0 Å². The molecule has 0 bridgehead atoms. The molecule has 1 heterocycles. The lowest BCUT2D eigenvalue weighted by atomic mass is 10.1. The first kappa shape index (κ1) is 12.3. The monoisotopic (exact) mass is 253 g/mol. The lowest BCUT2D eigenvalue weighted by Gasteiger charge is -2.10. The van der Waals surface area contributed by atoms with Gasteiger partial charge in [0.25, 0.3) is 0 Å². The van der Waals surface area contributed by atoms with Gasteiger partial charge in [0.2, 0.25) is 0 Å². The fourth-order valence-corrected chi connectivity index (χ4v) is 2.79. The van der Waals surface area contributed by atoms with Crippen molar-refractivity contribution in [3.8, 4) is 0 Å². The van der Waals surface area contributed by atoms with E-state index in [9.17, 15) is 0 Å². The highest BCUT2D eigenvalue weighted by atomic mass is 14.9. The van der Waals surface area contributed by atoms with Crippen molar-refractivity contribution in [1.29, 1.82) is 0 Å². The van der Waals surface area contributed by atoms with Crippen LogP contribution in [-0.2, 0) is 19.3 Å². The molecule has 3 heteroatoms. The van der Waals surface area contributed by atoms with Crippen LogP contribution >= 0.6 is 0 Å². The maximum Gasteiger partial charge on any atom is 0.132 e. The second kappa shape index (κ2) is 5.10. The van der Waals surface area contributed by atoms with E-state index in [0.717, 1.165) is 30.8 Å². The van der Waals surface area contributed by atoms with Crippen molar-refractivity contribution in [3.63, 3.8) is 0 Å². The summed E-state index contributed by atoms with van der Waals surface area (Å²) in [5.74, 6) is 1.39. The molecule has 1 aromatic carbocycles. The first-order valence-electron chi connectivity index (χ1n) is 6.86. The number of hydrogen-bond donors (Lipinski definition) is 1. The highest BCUT2D eigenvalue weighted by Gasteiger charge is 2.24. The minimum absolute atomic E-state index is 0.142. The molecule has 98 valence electrons. The topological polar surface area (TPSA) is 51.8 Å². The van der Waals surface area contributed by atoms with E-state index in [-0.39, 0.29) is 6.04 Å². The minimum atomic E-state index is 0.142. The van der Waals surface area contributed by atoms with Crippen molar-refractivity contribution in [2.45, 2.75) is 38.1 Å². The van der Waals surface area contributed by atoms with E-state index in [0.29, 0.717) is 5.92 Å². The Morgan fingerprint density at radius 1 is 1.21 bits per heavy atom. The van der Waals surface area contributed by atoms with Crippen molar-refractivity contribution in [1.82, 2.24) is 9.97 Å². The summed E-state index contributed by atoms with van der Waals surface area (Å²) in [7, 11) is 0. The summed E-state index contributed by atoms with van der Waals surface area (Å²) in [6.45, 7) is 2.01. The number of aromatic nitrogens is 2. The van der Waals surface area contributed by atoms with Crippen LogP contribution in [0.5, 0.6) is 0 Å². The predicted molar refractivity (Wildman–Crippen MR) is 76.0 cm³/mol. The van der Waals surface area contributed by atoms with E-state index < -0.39 is 0 Å². The van der Waals surface area contributed by atoms with E-state index in [1.165, 1.54) is 11.1 Å². The Morgan fingerprint density at radius 2 is 1.89 bits per heavy atom. The van der Waals surface area contributed by atoms with Crippen LogP contribution in [-0.4, -0.2) is 16.0 Å². The van der Waals surface area contributed by atoms with E-state index in [2.05, 4.69) is 34.2 Å². The number of nitrogens with two attached hydrogens (primary N) is 1. The maximum absolute atomic E-state index is 5.84. The van der Waals surface area contributed by atoms with Crippen LogP contribution in [0, 0.1) is 0 Å². The molecular weight excluding hydrogens is 234 g/mol. The van der Waals surface area contributed by atoms with Gasteiger partial charge in [0.1, 0.15) is 5.82 Å². The molecule has 2 N–H and O–H groups in total. The molecule has 1 aliphatic carbocycles. The Labute approximate surface area is 113 Å². The molecule has 3 rings (SSSR count). The molecule has 0 fully saturated rings. The second-order valence-electron chi connectivity index (χ2n) is 5.46. The van der Waals surface area contributed by atoms with Gasteiger partial charge in [-0.3, -0.25) is 0 Å². The third kappa shape index (κ3) is 2.66. The molecule has 19 heavy (non-hydrogen) atoms. The van der Waals surface area contributed by atoms with Crippen molar-refractivity contribution >= 4 is 0 Å². The molecule has 0 saturated heterocycles. The van der Waals surface area contributed by atoms with Crippen LogP contribution in [0.2, 0.25) is 0 Å². The van der Waals surface area contributed by atoms with Crippen LogP contribution in [0.15, 0.2) is 36.5 Å². The van der Waals surface area contributed by atoms with Gasteiger partial charge in [-0.25, -0.2) is 9.97 Å². The van der Waals surface area contributed by atoms with Gasteiger partial charge in [-0.15, -0.1) is 0 Å². The Hall–Kier alpha value is -1.74. The van der Waals surface area contributed by atoms with Crippen LogP contribution in [0.4, 0.5) is 0 Å². The quantitative estimate of drug-likeness (QED) is 0.912. The van der Waals surface area contributed by atoms with Gasteiger partial charge in [0.05, 0.1) is 0 Å². The van der Waals surface area contributed by atoms with E-state index in [4.69, 9.17) is 5.73 Å². The molecule has 2 aromatic rings. The fraction of sp³-hybridized carbons (Fsp3) is 0.375. The SMILES string of the molecule is CC(N)Cc1ccnc(C2Cc3ccccc3C2)n1. The molecule has 0 radical (unpaired) electrons. The highest BCUT2D eigenvalue weighted by molar-refractivity contribution is 5.35. The van der Waals surface area contributed by atoms with E-state index in [1.807, 2.05) is 19.2 Å². The van der Waals surface area contributed by atoms with Gasteiger partial charge in [-0.1, -0.05) is 24.3 Å². The number of benzene rings is 1. The smallest absolute Gasteiger partial charge is 0.132 e. The largest absolute Gasteiger partial charge is 0.328 e. The molecule has 1 atom stereocenters. The van der Waals surface area contributed by atoms with Gasteiger partial charge in [-0.05, 0) is 37.0 Å². The van der Waals surface area contributed by atoms with Crippen LogP contribution in [0.1, 0.15) is 35.5 Å². The highest BCUT2D eigenvalue weighted by Crippen LogP contribution is 2.31. The maximum atomic E-state index is 5.84. The Bertz CT molecular complexity index is 553. The summed E-state index contributed by atoms with van der Waals surface area (Å²) in [6.07, 6.45) is 4.79. The van der Waals surface area contributed by atoms with Gasteiger partial charge in [-0.2, -0.15) is 0 Å². The zero-order chi connectivity index (χ0) is 13.2. The van der Waals surface area contributed by atoms with E-state index in [1.54, 1.807) is 0 Å². The summed E-state index contributed by atoms with van der Waals surface area (Å²) in [5, 5.41) is 0. The lowest BCUT2D eigenvalue weighted by molar-refractivity contribution is 0.657. The van der Waals surface area contributed by atoms with Gasteiger partial charge in [0.15, 0.2) is 0 Å². The molecule has 1 aromatic heterocycles. The molecule has 0 aliphatic heterocycles. The molecule has 0 saturated carbocycles. The lowest BCUT2D eigenvalue weighted by Crippen LogP contribution is -2.19. The Morgan fingerprint density at radius 3 is 2.53 bits per heavy atom. The number of fused-ring (bicyclic) bond motifs is 1. The zero-order valence-electron chi connectivity index (χ0n) is 11.2. The molecular formula is C16H19N3. The summed E-state index contributed by atoms with van der Waals surface area (Å²) >= 11 is 0. The summed E-state index contributed by atoms with van der Waals surface area (Å²) in [5.41, 5.74) is 9.77. The molecule has 3 nitrogen and oxygen atoms in total. The first-order valence-corrected chi connectivity index (χ1v) is 6.86. The standard InChI is InChI=1S/C16H19N3/c1-11(17)8-15-6-7-18-16(19-15)14-9-12-4-2-3-5-13(12)10-14/h2-7,11,14H,8-10,17H2,1H3. The first-order chi connectivity index (χ1) is 9.22. The van der Waals surface area contributed by atoms with Crippen LogP contribution < -0.4 is 5.73 Å². The average molecular weight is 253 g/mol. The third-order valence-electron chi connectivity index (χ3n) is 3.68. The van der Waals surface area contributed by atoms with Crippen molar-refractivity contribution < 1.29 is 0 Å². The number of rotatable bonds is 3. The normalized spacial score (nSPS) is 16.3. The van der Waals surface area contributed by atoms with Crippen molar-refractivity contribution in [2.24, 2.45) is 5.73 Å². The zero-order valence-corrected chi connectivity index (χ0v) is 11.2. The summed E-state index contributed by atoms with van der Waals surface area (Å²) in [4.78, 5) is 9.15. The molecule has 1 aliphatic rings. The third-order valence-corrected chi connectivity index (χ3v) is 3.68. The summed E-state index contributed by atoms with van der Waals surface area (Å²) in [6, 6.07) is 10.7. The Balaban J connectivity index is 1.81. The summed E-state index contributed by atoms with van der Waals surface area (Å²) < 4.78 is 0. The fourth-order valence-electron chi connectivity index (χ4n) is 2.79. The Kier molecular flexibility index (Phi) is 3.30. The van der Waals surface area contributed by atoms with Crippen molar-refractivity contribution in [2.75, 3.05) is 0 Å². The van der Waals surface area contributed by atoms with Gasteiger partial charge < -0.3 is 5.73 Å². The van der Waals surface area contributed by atoms with Crippen LogP contribution in [0.25, 0.3) is 0 Å². The minimum Gasteiger partial charge on any atom is -0.328 e. The molecule has 0 spiro atoms. The van der Waals surface area contributed by atoms with Gasteiger partial charge in [0, 0.05) is 30.3 Å². The number of nitrogens with zero attached hydrogens (tertiary/aromatic N) is 2. The molecule has 1 unspecified atom stereocenters. The van der Waals surface area contributed by atoms with E-state index >= 15 is 0 Å². The second-order valence-corrected chi connectivity index (χ2v) is 5.46. The van der Waals surface area contributed by atoms with Crippen LogP contribution in [0.3, 0.4) is 0 Å².